The van der Waals surface area contributed by atoms with Gasteiger partial charge >= 0.3 is 6.09 Å². The molecule has 2 amide bonds. The first-order valence-electron chi connectivity index (χ1n) is 9.37. The van der Waals surface area contributed by atoms with Crippen LogP contribution in [0.1, 0.15) is 12.0 Å². The van der Waals surface area contributed by atoms with Gasteiger partial charge in [0.25, 0.3) is 5.69 Å². The first-order valence-corrected chi connectivity index (χ1v) is 9.89. The number of nitro groups is 1. The summed E-state index contributed by atoms with van der Waals surface area (Å²) in [5.74, 6) is -0.484. The number of nitrogens with one attached hydrogen (secondary N) is 1. The van der Waals surface area contributed by atoms with E-state index in [-0.39, 0.29) is 42.6 Å². The van der Waals surface area contributed by atoms with E-state index in [1.165, 1.54) is 24.3 Å². The predicted octanol–water partition coefficient (Wildman–Crippen LogP) is 0.640. The fourth-order valence-corrected chi connectivity index (χ4v) is 4.10. The Morgan fingerprint density at radius 2 is 1.97 bits per heavy atom. The predicted molar refractivity (Wildman–Crippen MR) is 111 cm³/mol. The number of likely N-dealkylation sites (N-methyl/N-ethyl adjacent to an activating group) is 1. The van der Waals surface area contributed by atoms with Crippen molar-refractivity contribution in [3.05, 3.63) is 39.9 Å². The topological polar surface area (TPSA) is 146 Å². The van der Waals surface area contributed by atoms with Crippen molar-refractivity contribution in [3.63, 3.8) is 0 Å². The number of hydrogen-bond donors (Lipinski definition) is 3. The van der Waals surface area contributed by atoms with E-state index in [2.05, 4.69) is 12.6 Å². The number of amides is 2. The number of nitro benzene ring substituents is 1. The molecule has 3 rings (SSSR count). The Labute approximate surface area is 178 Å². The zero-order chi connectivity index (χ0) is 22.0. The summed E-state index contributed by atoms with van der Waals surface area (Å²) in [4.78, 5) is 39.9. The lowest BCUT2D eigenvalue weighted by Crippen LogP contribution is -2.66. The van der Waals surface area contributed by atoms with Crippen LogP contribution >= 0.6 is 12.6 Å². The molecular formula is C18H24N6O5S. The minimum atomic E-state index is -0.800. The van der Waals surface area contributed by atoms with Crippen LogP contribution in [0.15, 0.2) is 24.3 Å². The van der Waals surface area contributed by atoms with Crippen molar-refractivity contribution in [2.75, 3.05) is 26.7 Å². The van der Waals surface area contributed by atoms with E-state index in [0.29, 0.717) is 12.0 Å². The van der Waals surface area contributed by atoms with Crippen LogP contribution in [0.3, 0.4) is 0 Å². The molecule has 2 atom stereocenters. The fraction of sp³-hybridized carbons (Fsp3) is 0.500. The van der Waals surface area contributed by atoms with Gasteiger partial charge in [0, 0.05) is 37.0 Å². The van der Waals surface area contributed by atoms with Gasteiger partial charge in [0.05, 0.1) is 17.0 Å². The van der Waals surface area contributed by atoms with Gasteiger partial charge in [-0.25, -0.2) is 9.69 Å². The molecule has 12 heteroatoms. The molecule has 1 aromatic rings. The van der Waals surface area contributed by atoms with Gasteiger partial charge in [-0.3, -0.25) is 25.2 Å². The van der Waals surface area contributed by atoms with Gasteiger partial charge in [-0.1, -0.05) is 0 Å². The lowest BCUT2D eigenvalue weighted by Gasteiger charge is -2.45. The molecule has 2 fully saturated rings. The number of benzene rings is 1. The maximum absolute atomic E-state index is 12.7. The van der Waals surface area contributed by atoms with Gasteiger partial charge in [0.2, 0.25) is 5.91 Å². The van der Waals surface area contributed by atoms with Crippen LogP contribution in [-0.4, -0.2) is 81.6 Å². The number of nitrogens with two attached hydrogens (primary N) is 1. The molecule has 0 aliphatic carbocycles. The highest BCUT2D eigenvalue weighted by Gasteiger charge is 2.43. The third-order valence-corrected chi connectivity index (χ3v) is 5.69. The maximum Gasteiger partial charge on any atom is 0.417 e. The van der Waals surface area contributed by atoms with Gasteiger partial charge in [-0.05, 0) is 31.2 Å². The molecule has 0 bridgehead atoms. The molecule has 2 heterocycles. The number of likely N-dealkylation sites (tertiary alicyclic amines) is 2. The molecule has 2 aliphatic rings. The molecule has 0 aromatic heterocycles. The van der Waals surface area contributed by atoms with E-state index in [1.54, 1.807) is 4.90 Å². The normalized spacial score (nSPS) is 21.7. The number of thiol groups is 1. The highest BCUT2D eigenvalue weighted by molar-refractivity contribution is 7.81. The lowest BCUT2D eigenvalue weighted by atomic mass is 10.0. The molecule has 0 radical (unpaired) electrons. The second-order valence-corrected chi connectivity index (χ2v) is 8.21. The highest BCUT2D eigenvalue weighted by Crippen LogP contribution is 2.25. The molecule has 2 saturated heterocycles. The number of ether oxygens (including phenoxy) is 1. The number of carbonyl (C=O) groups excluding carboxylic acids is 2. The number of hydrogen-bond acceptors (Lipinski definition) is 8. The summed E-state index contributed by atoms with van der Waals surface area (Å²) in [6.45, 7) is 1.16. The monoisotopic (exact) mass is 436 g/mol. The first kappa shape index (κ1) is 21.8. The van der Waals surface area contributed by atoms with Crippen LogP contribution < -0.4 is 5.73 Å². The number of nitrogens with zero attached hydrogens (tertiary/aromatic N) is 4. The molecule has 0 saturated carbocycles. The summed E-state index contributed by atoms with van der Waals surface area (Å²) >= 11 is 4.43. The molecule has 3 N–H and O–H groups in total. The first-order chi connectivity index (χ1) is 14.2. The smallest absolute Gasteiger partial charge is 0.417 e. The van der Waals surface area contributed by atoms with Gasteiger partial charge in [-0.2, -0.15) is 12.6 Å². The maximum atomic E-state index is 12.7. The zero-order valence-corrected chi connectivity index (χ0v) is 17.3. The van der Waals surface area contributed by atoms with Crippen LogP contribution in [0, 0.1) is 15.5 Å². The van der Waals surface area contributed by atoms with Crippen LogP contribution in [-0.2, 0) is 16.1 Å². The third kappa shape index (κ3) is 4.65. The average molecular weight is 436 g/mol. The quantitative estimate of drug-likeness (QED) is 0.202. The van der Waals surface area contributed by atoms with Crippen molar-refractivity contribution in [1.29, 1.82) is 5.41 Å². The summed E-state index contributed by atoms with van der Waals surface area (Å²) < 4.78 is 5.21. The van der Waals surface area contributed by atoms with E-state index in [0.717, 1.165) is 11.4 Å². The summed E-state index contributed by atoms with van der Waals surface area (Å²) in [6.07, 6.45) is -0.126. The van der Waals surface area contributed by atoms with Crippen LogP contribution in [0.5, 0.6) is 0 Å². The number of rotatable bonds is 5. The molecule has 162 valence electrons. The lowest BCUT2D eigenvalue weighted by molar-refractivity contribution is -0.384. The Morgan fingerprint density at radius 3 is 2.47 bits per heavy atom. The second kappa shape index (κ2) is 8.88. The number of non-ortho nitro benzene ring substituents is 1. The minimum absolute atomic E-state index is 0.0203. The average Bonchev–Trinajstić information content (AvgIpc) is 3.00. The summed E-state index contributed by atoms with van der Waals surface area (Å²) in [5.41, 5.74) is 6.07. The van der Waals surface area contributed by atoms with Gasteiger partial charge in [0.1, 0.15) is 6.61 Å². The Balaban J connectivity index is 1.53. The van der Waals surface area contributed by atoms with Gasteiger partial charge in [0.15, 0.2) is 5.96 Å². The van der Waals surface area contributed by atoms with Crippen molar-refractivity contribution >= 4 is 36.3 Å². The van der Waals surface area contributed by atoms with Crippen LogP contribution in [0.2, 0.25) is 0 Å². The van der Waals surface area contributed by atoms with Crippen molar-refractivity contribution in [3.8, 4) is 0 Å². The molecule has 0 unspecified atom stereocenters. The van der Waals surface area contributed by atoms with E-state index in [4.69, 9.17) is 15.9 Å². The van der Waals surface area contributed by atoms with Crippen molar-refractivity contribution in [2.24, 2.45) is 5.73 Å². The summed E-state index contributed by atoms with van der Waals surface area (Å²) in [5, 5.41) is 18.6. The van der Waals surface area contributed by atoms with E-state index in [9.17, 15) is 19.7 Å². The van der Waals surface area contributed by atoms with E-state index in [1.807, 2.05) is 11.9 Å². The van der Waals surface area contributed by atoms with Crippen molar-refractivity contribution in [2.45, 2.75) is 30.4 Å². The fourth-order valence-electron chi connectivity index (χ4n) is 3.64. The van der Waals surface area contributed by atoms with Crippen LogP contribution in [0.4, 0.5) is 10.5 Å². The van der Waals surface area contributed by atoms with Gasteiger partial charge in [-0.15, -0.1) is 0 Å². The largest absolute Gasteiger partial charge is 0.444 e. The van der Waals surface area contributed by atoms with E-state index < -0.39 is 23.0 Å². The molecule has 11 nitrogen and oxygen atoms in total. The number of carbonyl (C=O) groups is 2. The molecular weight excluding hydrogens is 412 g/mol. The van der Waals surface area contributed by atoms with Crippen molar-refractivity contribution < 1.29 is 19.2 Å². The SMILES string of the molecule is CN1C[C@@H](S)C[C@H]1C(=O)N1CC(N(C(=N)N)C(=O)OCc2ccc([N+](=O)[O-])cc2)C1. The van der Waals surface area contributed by atoms with Crippen LogP contribution in [0.25, 0.3) is 0 Å². The molecule has 30 heavy (non-hydrogen) atoms. The molecule has 0 spiro atoms. The Hall–Kier alpha value is -2.86. The second-order valence-electron chi connectivity index (χ2n) is 7.48. The van der Waals surface area contributed by atoms with Gasteiger partial charge < -0.3 is 15.4 Å². The van der Waals surface area contributed by atoms with E-state index >= 15 is 0 Å². The summed E-state index contributed by atoms with van der Waals surface area (Å²) in [7, 11) is 1.88. The standard InChI is InChI=1S/C18H24N6O5S/c1-21-9-14(30)6-15(21)16(25)22-7-13(8-22)23(17(19)20)18(26)29-10-11-2-4-12(5-3-11)24(27)28/h2-5,13-15,30H,6-10H2,1H3,(H3,19,20)/t14-,15-/m0/s1. The summed E-state index contributed by atoms with van der Waals surface area (Å²) in [6, 6.07) is 4.94. The Morgan fingerprint density at radius 1 is 1.33 bits per heavy atom. The zero-order valence-electron chi connectivity index (χ0n) is 16.4. The Kier molecular flexibility index (Phi) is 6.46. The third-order valence-electron chi connectivity index (χ3n) is 5.32. The number of guanidine groups is 1. The minimum Gasteiger partial charge on any atom is -0.444 e. The van der Waals surface area contributed by atoms with Crippen molar-refractivity contribution in [1.82, 2.24) is 14.7 Å². The molecule has 2 aliphatic heterocycles. The highest BCUT2D eigenvalue weighted by atomic mass is 32.1. The Bertz CT molecular complexity index is 844. The molecule has 1 aromatic carbocycles.